The molecule has 1 N–H and O–H groups in total. The van der Waals surface area contributed by atoms with Crippen LogP contribution in [0, 0.1) is 11.7 Å². The fourth-order valence-corrected chi connectivity index (χ4v) is 3.71. The van der Waals surface area contributed by atoms with E-state index in [-0.39, 0.29) is 38.2 Å². The Hall–Kier alpha value is -3.12. The Morgan fingerprint density at radius 1 is 1.06 bits per heavy atom. The van der Waals surface area contributed by atoms with Gasteiger partial charge in [-0.25, -0.2) is 9.18 Å². The number of allylic oxidation sites excluding steroid dienone is 2. The van der Waals surface area contributed by atoms with Crippen molar-refractivity contribution < 1.29 is 28.5 Å². The Kier molecular flexibility index (Phi) is 8.66. The van der Waals surface area contributed by atoms with Crippen LogP contribution in [0.3, 0.4) is 0 Å². The first kappa shape index (κ1) is 24.5. The Morgan fingerprint density at radius 2 is 1.85 bits per heavy atom. The van der Waals surface area contributed by atoms with Gasteiger partial charge in [-0.3, -0.25) is 0 Å². The van der Waals surface area contributed by atoms with Gasteiger partial charge in [0.2, 0.25) is 0 Å². The zero-order valence-corrected chi connectivity index (χ0v) is 19.2. The standard InChI is InChI=1S/C27H31FO5/c1-18(2)27(30)33-15-14-32-26-17-22(9-11-25(26)31-13-12-29)23-10-8-21(16-24(23)28)20-6-4-19(3)5-7-20/h4,6,8-11,16-17,19-20,29H,1,5,7,12-15H2,2-3H3. The van der Waals surface area contributed by atoms with Crippen molar-refractivity contribution in [2.24, 2.45) is 5.92 Å². The Morgan fingerprint density at radius 3 is 2.52 bits per heavy atom. The Labute approximate surface area is 194 Å². The van der Waals surface area contributed by atoms with E-state index in [1.165, 1.54) is 0 Å². The van der Waals surface area contributed by atoms with Gasteiger partial charge in [-0.15, -0.1) is 0 Å². The summed E-state index contributed by atoms with van der Waals surface area (Å²) in [5.41, 5.74) is 2.37. The van der Waals surface area contributed by atoms with Crippen LogP contribution in [-0.2, 0) is 9.53 Å². The summed E-state index contributed by atoms with van der Waals surface area (Å²) < 4.78 is 31.4. The van der Waals surface area contributed by atoms with Crippen LogP contribution in [0.15, 0.2) is 60.7 Å². The Bertz CT molecular complexity index is 1010. The molecule has 0 saturated heterocycles. The molecule has 0 spiro atoms. The molecule has 2 atom stereocenters. The van der Waals surface area contributed by atoms with Crippen LogP contribution in [0.4, 0.5) is 4.39 Å². The second kappa shape index (κ2) is 11.7. The molecule has 5 nitrogen and oxygen atoms in total. The van der Waals surface area contributed by atoms with Crippen molar-refractivity contribution in [1.29, 1.82) is 0 Å². The SMILES string of the molecule is C=C(C)C(=O)OCCOc1cc(-c2ccc(C3C=CC(C)CC3)cc2F)ccc1OCCO. The summed E-state index contributed by atoms with van der Waals surface area (Å²) in [4.78, 5) is 11.5. The van der Waals surface area contributed by atoms with Crippen LogP contribution in [-0.4, -0.2) is 37.5 Å². The van der Waals surface area contributed by atoms with Crippen molar-refractivity contribution in [2.45, 2.75) is 32.6 Å². The van der Waals surface area contributed by atoms with E-state index in [2.05, 4.69) is 25.7 Å². The molecule has 0 saturated carbocycles. The minimum atomic E-state index is -0.492. The van der Waals surface area contributed by atoms with Gasteiger partial charge in [0.15, 0.2) is 11.5 Å². The van der Waals surface area contributed by atoms with E-state index in [1.54, 1.807) is 37.3 Å². The van der Waals surface area contributed by atoms with Crippen LogP contribution < -0.4 is 9.47 Å². The van der Waals surface area contributed by atoms with Crippen LogP contribution in [0.1, 0.15) is 38.2 Å². The molecule has 0 aromatic heterocycles. The molecule has 0 heterocycles. The molecule has 0 fully saturated rings. The van der Waals surface area contributed by atoms with Gasteiger partial charge in [-0.2, -0.15) is 0 Å². The number of carbonyl (C=O) groups is 1. The lowest BCUT2D eigenvalue weighted by molar-refractivity contribution is -0.139. The van der Waals surface area contributed by atoms with Gasteiger partial charge in [0.25, 0.3) is 0 Å². The molecular formula is C27H31FO5. The maximum atomic E-state index is 15.1. The van der Waals surface area contributed by atoms with Crippen molar-refractivity contribution in [2.75, 3.05) is 26.4 Å². The summed E-state index contributed by atoms with van der Waals surface area (Å²) in [7, 11) is 0. The number of aliphatic hydroxyl groups is 1. The highest BCUT2D eigenvalue weighted by atomic mass is 19.1. The van der Waals surface area contributed by atoms with Gasteiger partial charge in [0.1, 0.15) is 25.6 Å². The van der Waals surface area contributed by atoms with Crippen molar-refractivity contribution >= 4 is 5.97 Å². The van der Waals surface area contributed by atoms with Crippen molar-refractivity contribution in [3.63, 3.8) is 0 Å². The summed E-state index contributed by atoms with van der Waals surface area (Å²) in [6.07, 6.45) is 6.48. The van der Waals surface area contributed by atoms with Crippen LogP contribution in [0.25, 0.3) is 11.1 Å². The first-order valence-corrected chi connectivity index (χ1v) is 11.2. The highest BCUT2D eigenvalue weighted by Gasteiger charge is 2.17. The quantitative estimate of drug-likeness (QED) is 0.224. The fraction of sp³-hybridized carbons (Fsp3) is 0.370. The summed E-state index contributed by atoms with van der Waals surface area (Å²) in [5.74, 6) is 0.801. The number of hydrogen-bond donors (Lipinski definition) is 1. The second-order valence-electron chi connectivity index (χ2n) is 8.28. The number of halogens is 1. The van der Waals surface area contributed by atoms with E-state index in [9.17, 15) is 4.79 Å². The molecule has 0 amide bonds. The smallest absolute Gasteiger partial charge is 0.333 e. The highest BCUT2D eigenvalue weighted by Crippen LogP contribution is 2.36. The number of esters is 1. The number of rotatable bonds is 10. The molecule has 2 unspecified atom stereocenters. The lowest BCUT2D eigenvalue weighted by Crippen LogP contribution is -2.13. The normalized spacial score (nSPS) is 17.5. The van der Waals surface area contributed by atoms with E-state index in [1.807, 2.05) is 6.07 Å². The van der Waals surface area contributed by atoms with Crippen LogP contribution in [0.5, 0.6) is 11.5 Å². The molecule has 176 valence electrons. The maximum absolute atomic E-state index is 15.1. The highest BCUT2D eigenvalue weighted by molar-refractivity contribution is 5.86. The predicted molar refractivity (Wildman–Crippen MR) is 126 cm³/mol. The largest absolute Gasteiger partial charge is 0.487 e. The topological polar surface area (TPSA) is 65.0 Å². The molecule has 1 aliphatic carbocycles. The molecule has 0 aliphatic heterocycles. The van der Waals surface area contributed by atoms with Crippen molar-refractivity contribution in [1.82, 2.24) is 0 Å². The average Bonchev–Trinajstić information content (AvgIpc) is 2.81. The van der Waals surface area contributed by atoms with Crippen LogP contribution in [0.2, 0.25) is 0 Å². The molecule has 2 aromatic carbocycles. The minimum Gasteiger partial charge on any atom is -0.487 e. The van der Waals surface area contributed by atoms with Gasteiger partial charge >= 0.3 is 5.97 Å². The van der Waals surface area contributed by atoms with Gasteiger partial charge in [0, 0.05) is 17.1 Å². The molecule has 3 rings (SSSR count). The first-order chi connectivity index (χ1) is 15.9. The van der Waals surface area contributed by atoms with Gasteiger partial charge < -0.3 is 19.3 Å². The third-order valence-electron chi connectivity index (χ3n) is 5.55. The lowest BCUT2D eigenvalue weighted by Gasteiger charge is -2.21. The molecule has 2 aromatic rings. The van der Waals surface area contributed by atoms with Gasteiger partial charge in [-0.1, -0.05) is 43.9 Å². The Balaban J connectivity index is 1.78. The number of benzene rings is 2. The third kappa shape index (κ3) is 6.68. The van der Waals surface area contributed by atoms with E-state index in [0.29, 0.717) is 34.1 Å². The van der Waals surface area contributed by atoms with Gasteiger partial charge in [0.05, 0.1) is 6.61 Å². The maximum Gasteiger partial charge on any atom is 0.333 e. The molecule has 0 bridgehead atoms. The minimum absolute atomic E-state index is 0.0337. The molecule has 0 radical (unpaired) electrons. The molecule has 1 aliphatic rings. The van der Waals surface area contributed by atoms with Crippen molar-refractivity contribution in [3.05, 3.63) is 72.1 Å². The van der Waals surface area contributed by atoms with Crippen LogP contribution >= 0.6 is 0 Å². The summed E-state index contributed by atoms with van der Waals surface area (Å²) in [6.45, 7) is 7.36. The summed E-state index contributed by atoms with van der Waals surface area (Å²) in [6, 6.07) is 10.5. The predicted octanol–water partition coefficient (Wildman–Crippen LogP) is 5.43. The number of hydrogen-bond acceptors (Lipinski definition) is 5. The van der Waals surface area contributed by atoms with E-state index in [0.717, 1.165) is 18.4 Å². The molecule has 33 heavy (non-hydrogen) atoms. The second-order valence-corrected chi connectivity index (χ2v) is 8.28. The fourth-order valence-electron chi connectivity index (χ4n) is 3.71. The number of carbonyl (C=O) groups excluding carboxylic acids is 1. The summed E-state index contributed by atoms with van der Waals surface area (Å²) >= 11 is 0. The zero-order valence-electron chi connectivity index (χ0n) is 19.2. The van der Waals surface area contributed by atoms with E-state index >= 15 is 4.39 Å². The summed E-state index contributed by atoms with van der Waals surface area (Å²) in [5, 5.41) is 9.08. The first-order valence-electron chi connectivity index (χ1n) is 11.2. The van der Waals surface area contributed by atoms with E-state index < -0.39 is 5.97 Å². The van der Waals surface area contributed by atoms with Gasteiger partial charge in [-0.05, 0) is 55.0 Å². The third-order valence-corrected chi connectivity index (χ3v) is 5.55. The number of aliphatic hydroxyl groups excluding tert-OH is 1. The number of ether oxygens (including phenoxy) is 3. The van der Waals surface area contributed by atoms with E-state index in [4.69, 9.17) is 19.3 Å². The lowest BCUT2D eigenvalue weighted by atomic mass is 9.84. The zero-order chi connectivity index (χ0) is 23.8. The average molecular weight is 455 g/mol. The monoisotopic (exact) mass is 454 g/mol. The van der Waals surface area contributed by atoms with Crippen molar-refractivity contribution in [3.8, 4) is 22.6 Å². The molecular weight excluding hydrogens is 423 g/mol. The molecule has 6 heteroatoms.